The fraction of sp³-hybridized carbons (Fsp3) is 0.867. The molecule has 5 aliphatic carbocycles. The maximum Gasteiger partial charge on any atom is 0.309 e. The van der Waals surface area contributed by atoms with Crippen molar-refractivity contribution in [2.24, 2.45) is 50.2 Å². The Morgan fingerprint density at radius 2 is 1.58 bits per heavy atom. The van der Waals surface area contributed by atoms with E-state index in [4.69, 9.17) is 0 Å². The Balaban J connectivity index is 1.63. The molecule has 0 saturated heterocycles. The van der Waals surface area contributed by atoms with Gasteiger partial charge in [0.1, 0.15) is 0 Å². The molecule has 0 spiro atoms. The van der Waals surface area contributed by atoms with E-state index in [1.54, 1.807) is 0 Å². The van der Waals surface area contributed by atoms with Gasteiger partial charge in [-0.2, -0.15) is 0 Å². The number of carboxylic acids is 1. The first-order valence-electron chi connectivity index (χ1n) is 13.6. The highest BCUT2D eigenvalue weighted by Gasteiger charge is 2.69. The van der Waals surface area contributed by atoms with Crippen molar-refractivity contribution in [2.75, 3.05) is 0 Å². The van der Waals surface area contributed by atoms with Gasteiger partial charge in [-0.25, -0.2) is 0 Å². The van der Waals surface area contributed by atoms with E-state index in [0.717, 1.165) is 32.1 Å². The summed E-state index contributed by atoms with van der Waals surface area (Å²) in [6.45, 7) is 16.6. The van der Waals surface area contributed by atoms with E-state index >= 15 is 0 Å². The van der Waals surface area contributed by atoms with Gasteiger partial charge < -0.3 is 5.11 Å². The standard InChI is InChI=1S/C30H46O3/c1-25(2)10-8-11-28(5)22(25)9-12-30(7)23(28)21(31)17-19-20-18-27(4,24(32)33)14-13-26(20,3)15-16-29(19,30)6/h17,20,22-23H,8-16,18H2,1-7H3,(H,32,33)/t20-,22?,23-,26-,27?,28+,29-,30-/m1/s1. The molecule has 4 fully saturated rings. The van der Waals surface area contributed by atoms with E-state index in [1.165, 1.54) is 31.3 Å². The smallest absolute Gasteiger partial charge is 0.309 e. The third-order valence-corrected chi connectivity index (χ3v) is 12.8. The third-order valence-electron chi connectivity index (χ3n) is 12.8. The van der Waals surface area contributed by atoms with Crippen LogP contribution in [-0.4, -0.2) is 16.9 Å². The fourth-order valence-corrected chi connectivity index (χ4v) is 10.5. The van der Waals surface area contributed by atoms with Crippen molar-refractivity contribution in [2.45, 2.75) is 113 Å². The van der Waals surface area contributed by atoms with Gasteiger partial charge in [-0.3, -0.25) is 9.59 Å². The first kappa shape index (κ1) is 23.6. The SMILES string of the molecule is CC1(C(=O)O)CC[C@]2(C)CC[C@]3(C)C(=CC(=O)[C@@H]4[C@@]5(C)CCCC(C)(C)C5CC[C@]43C)[C@H]2C1. The molecule has 0 heterocycles. The number of carbonyl (C=O) groups excluding carboxylic acids is 1. The van der Waals surface area contributed by atoms with Crippen molar-refractivity contribution in [1.82, 2.24) is 0 Å². The number of hydrogen-bond donors (Lipinski definition) is 1. The Morgan fingerprint density at radius 1 is 0.909 bits per heavy atom. The number of aliphatic carboxylic acids is 1. The number of hydrogen-bond acceptors (Lipinski definition) is 2. The van der Waals surface area contributed by atoms with E-state index in [1.807, 2.05) is 6.92 Å². The monoisotopic (exact) mass is 454 g/mol. The molecule has 0 aromatic heterocycles. The van der Waals surface area contributed by atoms with Gasteiger partial charge in [0.25, 0.3) is 0 Å². The minimum atomic E-state index is -0.679. The van der Waals surface area contributed by atoms with E-state index in [-0.39, 0.29) is 33.5 Å². The molecular weight excluding hydrogens is 408 g/mol. The maximum absolute atomic E-state index is 14.2. The second-order valence-electron chi connectivity index (χ2n) is 14.9. The third kappa shape index (κ3) is 2.86. The molecule has 3 nitrogen and oxygen atoms in total. The summed E-state index contributed by atoms with van der Waals surface area (Å²) in [5.41, 5.74) is 1.09. The Labute approximate surface area is 201 Å². The number of carboxylic acid groups (broad SMARTS) is 1. The molecule has 5 rings (SSSR count). The molecule has 184 valence electrons. The lowest BCUT2D eigenvalue weighted by Gasteiger charge is -2.70. The van der Waals surface area contributed by atoms with Crippen molar-refractivity contribution in [3.63, 3.8) is 0 Å². The molecule has 4 saturated carbocycles. The number of ketones is 1. The van der Waals surface area contributed by atoms with Crippen LogP contribution in [-0.2, 0) is 9.59 Å². The highest BCUT2D eigenvalue weighted by molar-refractivity contribution is 5.95. The molecule has 0 radical (unpaired) electrons. The summed E-state index contributed by atoms with van der Waals surface area (Å²) < 4.78 is 0. The normalized spacial score (nSPS) is 53.1. The largest absolute Gasteiger partial charge is 0.481 e. The van der Waals surface area contributed by atoms with Gasteiger partial charge in [0.2, 0.25) is 0 Å². The quantitative estimate of drug-likeness (QED) is 0.448. The lowest BCUT2D eigenvalue weighted by Crippen LogP contribution is -2.65. The lowest BCUT2D eigenvalue weighted by molar-refractivity contribution is -0.185. The minimum Gasteiger partial charge on any atom is -0.481 e. The Morgan fingerprint density at radius 3 is 2.24 bits per heavy atom. The van der Waals surface area contributed by atoms with Gasteiger partial charge in [-0.05, 0) is 110 Å². The minimum absolute atomic E-state index is 0.0118. The van der Waals surface area contributed by atoms with E-state index in [9.17, 15) is 14.7 Å². The van der Waals surface area contributed by atoms with Crippen LogP contribution in [0.5, 0.6) is 0 Å². The molecule has 2 unspecified atom stereocenters. The van der Waals surface area contributed by atoms with Crippen LogP contribution in [0.15, 0.2) is 11.6 Å². The van der Waals surface area contributed by atoms with Crippen LogP contribution in [0, 0.1) is 50.2 Å². The predicted molar refractivity (Wildman–Crippen MR) is 132 cm³/mol. The first-order valence-corrected chi connectivity index (χ1v) is 13.6. The highest BCUT2D eigenvalue weighted by Crippen LogP contribution is 2.75. The van der Waals surface area contributed by atoms with Crippen LogP contribution in [0.3, 0.4) is 0 Å². The summed E-state index contributed by atoms with van der Waals surface area (Å²) in [7, 11) is 0. The summed E-state index contributed by atoms with van der Waals surface area (Å²) in [6.07, 6.45) is 12.8. The first-order chi connectivity index (χ1) is 15.1. The number of carbonyl (C=O) groups is 2. The van der Waals surface area contributed by atoms with E-state index in [0.29, 0.717) is 23.5 Å². The molecule has 3 heteroatoms. The Hall–Kier alpha value is -1.12. The van der Waals surface area contributed by atoms with Crippen LogP contribution in [0.1, 0.15) is 113 Å². The lowest BCUT2D eigenvalue weighted by atomic mass is 9.33. The molecule has 33 heavy (non-hydrogen) atoms. The Bertz CT molecular complexity index is 931. The highest BCUT2D eigenvalue weighted by atomic mass is 16.4. The van der Waals surface area contributed by atoms with Crippen LogP contribution >= 0.6 is 0 Å². The molecule has 0 aromatic rings. The van der Waals surface area contributed by atoms with Crippen molar-refractivity contribution >= 4 is 11.8 Å². The van der Waals surface area contributed by atoms with Crippen LogP contribution in [0.25, 0.3) is 0 Å². The zero-order chi connectivity index (χ0) is 24.2. The molecule has 0 aliphatic heterocycles. The van der Waals surface area contributed by atoms with Gasteiger partial charge in [-0.1, -0.05) is 53.5 Å². The van der Waals surface area contributed by atoms with Crippen LogP contribution < -0.4 is 0 Å². The van der Waals surface area contributed by atoms with Crippen LogP contribution in [0.4, 0.5) is 0 Å². The van der Waals surface area contributed by atoms with Crippen LogP contribution in [0.2, 0.25) is 0 Å². The van der Waals surface area contributed by atoms with Crippen molar-refractivity contribution < 1.29 is 14.7 Å². The van der Waals surface area contributed by atoms with Gasteiger partial charge in [0, 0.05) is 5.92 Å². The molecular formula is C30H46O3. The van der Waals surface area contributed by atoms with E-state index < -0.39 is 11.4 Å². The summed E-state index contributed by atoms with van der Waals surface area (Å²) >= 11 is 0. The molecule has 8 atom stereocenters. The average Bonchev–Trinajstić information content (AvgIpc) is 2.70. The molecule has 1 N–H and O–H groups in total. The second-order valence-corrected chi connectivity index (χ2v) is 14.9. The van der Waals surface area contributed by atoms with Gasteiger partial charge in [-0.15, -0.1) is 0 Å². The maximum atomic E-state index is 14.2. The van der Waals surface area contributed by atoms with Crippen molar-refractivity contribution in [1.29, 1.82) is 0 Å². The molecule has 0 bridgehead atoms. The average molecular weight is 455 g/mol. The number of allylic oxidation sites excluding steroid dienone is 2. The van der Waals surface area contributed by atoms with Gasteiger partial charge in [0.05, 0.1) is 5.41 Å². The second kappa shape index (κ2) is 6.76. The zero-order valence-corrected chi connectivity index (χ0v) is 22.1. The number of rotatable bonds is 1. The molecule has 0 aromatic carbocycles. The van der Waals surface area contributed by atoms with E-state index in [2.05, 4.69) is 47.6 Å². The topological polar surface area (TPSA) is 54.4 Å². The van der Waals surface area contributed by atoms with Crippen molar-refractivity contribution in [3.8, 4) is 0 Å². The van der Waals surface area contributed by atoms with Gasteiger partial charge >= 0.3 is 5.97 Å². The fourth-order valence-electron chi connectivity index (χ4n) is 10.5. The number of fused-ring (bicyclic) bond motifs is 7. The summed E-state index contributed by atoms with van der Waals surface area (Å²) in [5.74, 6) is 0.609. The predicted octanol–water partition coefficient (Wildman–Crippen LogP) is 7.44. The zero-order valence-electron chi connectivity index (χ0n) is 22.1. The Kier molecular flexibility index (Phi) is 4.83. The molecule has 5 aliphatic rings. The van der Waals surface area contributed by atoms with Gasteiger partial charge in [0.15, 0.2) is 5.78 Å². The summed E-state index contributed by atoms with van der Waals surface area (Å²) in [6, 6.07) is 0. The summed E-state index contributed by atoms with van der Waals surface area (Å²) in [5, 5.41) is 10.0. The molecule has 0 amide bonds. The summed E-state index contributed by atoms with van der Waals surface area (Å²) in [4.78, 5) is 26.4. The van der Waals surface area contributed by atoms with Crippen molar-refractivity contribution in [3.05, 3.63) is 11.6 Å².